The summed E-state index contributed by atoms with van der Waals surface area (Å²) < 4.78 is 6.91. The fourth-order valence-corrected chi connectivity index (χ4v) is 3.80. The summed E-state index contributed by atoms with van der Waals surface area (Å²) in [6.07, 6.45) is -0.0596. The second-order valence-corrected chi connectivity index (χ2v) is 7.96. The Balaban J connectivity index is 1.66. The molecule has 1 N–H and O–H groups in total. The lowest BCUT2D eigenvalue weighted by atomic mass is 10.1. The van der Waals surface area contributed by atoms with Crippen molar-refractivity contribution in [2.24, 2.45) is 0 Å². The van der Waals surface area contributed by atoms with Crippen LogP contribution in [0.2, 0.25) is 10.0 Å². The Kier molecular flexibility index (Phi) is 6.59. The van der Waals surface area contributed by atoms with Gasteiger partial charge in [0.2, 0.25) is 5.91 Å². The molecule has 1 aliphatic heterocycles. The summed E-state index contributed by atoms with van der Waals surface area (Å²) in [5.41, 5.74) is 1.65. The van der Waals surface area contributed by atoms with E-state index in [2.05, 4.69) is 26.1 Å². The van der Waals surface area contributed by atoms with Crippen molar-refractivity contribution in [3.8, 4) is 0 Å². The molecule has 2 aromatic carbocycles. The third-order valence-electron chi connectivity index (χ3n) is 4.43. The van der Waals surface area contributed by atoms with Gasteiger partial charge < -0.3 is 10.1 Å². The second-order valence-electron chi connectivity index (χ2n) is 6.20. The average molecular weight is 458 g/mol. The number of anilines is 1. The third-order valence-corrected chi connectivity index (χ3v) is 5.48. The molecule has 4 nitrogen and oxygen atoms in total. The van der Waals surface area contributed by atoms with E-state index in [9.17, 15) is 4.79 Å². The number of ether oxygens (including phenoxy) is 1. The molecule has 2 unspecified atom stereocenters. The Morgan fingerprint density at radius 3 is 2.85 bits per heavy atom. The number of carbonyl (C=O) groups is 1. The molecule has 1 aliphatic rings. The van der Waals surface area contributed by atoms with Gasteiger partial charge in [-0.05, 0) is 42.8 Å². The van der Waals surface area contributed by atoms with Gasteiger partial charge in [0.15, 0.2) is 0 Å². The summed E-state index contributed by atoms with van der Waals surface area (Å²) in [5, 5.41) is 3.84. The molecular weight excluding hydrogens is 439 g/mol. The number of morpholine rings is 1. The highest BCUT2D eigenvalue weighted by atomic mass is 79.9. The maximum Gasteiger partial charge on any atom is 0.241 e. The van der Waals surface area contributed by atoms with Gasteiger partial charge in [0.25, 0.3) is 0 Å². The number of benzene rings is 2. The van der Waals surface area contributed by atoms with E-state index in [4.69, 9.17) is 27.9 Å². The molecule has 0 radical (unpaired) electrons. The Bertz CT molecular complexity index is 803. The molecule has 26 heavy (non-hydrogen) atoms. The van der Waals surface area contributed by atoms with Gasteiger partial charge in [0.05, 0.1) is 29.5 Å². The Labute approximate surface area is 171 Å². The van der Waals surface area contributed by atoms with Crippen LogP contribution in [0.4, 0.5) is 5.69 Å². The molecular formula is C19H19BrCl2N2O2. The number of halogens is 3. The SMILES string of the molecule is CC(C(=O)Nc1ccc(Cl)cc1Cl)N1CCOC(c2cccc(Br)c2)C1. The van der Waals surface area contributed by atoms with E-state index in [0.717, 1.165) is 10.0 Å². The molecule has 138 valence electrons. The first kappa shape index (κ1) is 19.6. The molecule has 1 amide bonds. The zero-order valence-corrected chi connectivity index (χ0v) is 17.3. The van der Waals surface area contributed by atoms with Crippen molar-refractivity contribution in [2.75, 3.05) is 25.0 Å². The van der Waals surface area contributed by atoms with Crippen LogP contribution in [-0.4, -0.2) is 36.5 Å². The topological polar surface area (TPSA) is 41.6 Å². The predicted octanol–water partition coefficient (Wildman–Crippen LogP) is 5.16. The van der Waals surface area contributed by atoms with E-state index in [0.29, 0.717) is 35.4 Å². The van der Waals surface area contributed by atoms with Crippen molar-refractivity contribution < 1.29 is 9.53 Å². The predicted molar refractivity (Wildman–Crippen MR) is 109 cm³/mol. The molecule has 2 aromatic rings. The van der Waals surface area contributed by atoms with Gasteiger partial charge in [-0.15, -0.1) is 0 Å². The summed E-state index contributed by atoms with van der Waals surface area (Å²) in [5.74, 6) is -0.107. The number of hydrogen-bond donors (Lipinski definition) is 1. The van der Waals surface area contributed by atoms with Crippen LogP contribution in [0.25, 0.3) is 0 Å². The lowest BCUT2D eigenvalue weighted by Gasteiger charge is -2.36. The van der Waals surface area contributed by atoms with E-state index >= 15 is 0 Å². The normalized spacial score (nSPS) is 19.2. The highest BCUT2D eigenvalue weighted by Gasteiger charge is 2.29. The molecule has 3 rings (SSSR count). The van der Waals surface area contributed by atoms with Gasteiger partial charge in [-0.2, -0.15) is 0 Å². The molecule has 0 aliphatic carbocycles. The summed E-state index contributed by atoms with van der Waals surface area (Å²) >= 11 is 15.5. The van der Waals surface area contributed by atoms with E-state index < -0.39 is 0 Å². The standard InChI is InChI=1S/C19H19BrCl2N2O2/c1-12(19(25)23-17-6-5-15(21)10-16(17)22)24-7-8-26-18(11-24)13-3-2-4-14(20)9-13/h2-6,9-10,12,18H,7-8,11H2,1H3,(H,23,25). The minimum absolute atomic E-state index is 0.0596. The van der Waals surface area contributed by atoms with Crippen LogP contribution in [0.1, 0.15) is 18.6 Å². The third kappa shape index (κ3) is 4.78. The Hall–Kier alpha value is -1.11. The lowest BCUT2D eigenvalue weighted by molar-refractivity contribution is -0.124. The smallest absolute Gasteiger partial charge is 0.241 e. The van der Waals surface area contributed by atoms with Gasteiger partial charge in [0.1, 0.15) is 0 Å². The van der Waals surface area contributed by atoms with Gasteiger partial charge in [-0.25, -0.2) is 0 Å². The van der Waals surface area contributed by atoms with Crippen molar-refractivity contribution >= 4 is 50.7 Å². The number of rotatable bonds is 4. The number of carbonyl (C=O) groups excluding carboxylic acids is 1. The summed E-state index contributed by atoms with van der Waals surface area (Å²) in [7, 11) is 0. The summed E-state index contributed by atoms with van der Waals surface area (Å²) in [4.78, 5) is 14.8. The first-order chi connectivity index (χ1) is 12.4. The van der Waals surface area contributed by atoms with Crippen molar-refractivity contribution in [2.45, 2.75) is 19.1 Å². The van der Waals surface area contributed by atoms with Crippen LogP contribution in [-0.2, 0) is 9.53 Å². The zero-order valence-electron chi connectivity index (χ0n) is 14.2. The maximum absolute atomic E-state index is 12.7. The van der Waals surface area contributed by atoms with Gasteiger partial charge in [-0.3, -0.25) is 9.69 Å². The highest BCUT2D eigenvalue weighted by Crippen LogP contribution is 2.28. The van der Waals surface area contributed by atoms with Crippen molar-refractivity contribution in [1.29, 1.82) is 0 Å². The fourth-order valence-electron chi connectivity index (χ4n) is 2.92. The molecule has 1 heterocycles. The Morgan fingerprint density at radius 2 is 2.12 bits per heavy atom. The van der Waals surface area contributed by atoms with Gasteiger partial charge >= 0.3 is 0 Å². The highest BCUT2D eigenvalue weighted by molar-refractivity contribution is 9.10. The number of hydrogen-bond acceptors (Lipinski definition) is 3. The van der Waals surface area contributed by atoms with E-state index in [-0.39, 0.29) is 18.1 Å². The minimum atomic E-state index is -0.305. The van der Waals surface area contributed by atoms with Crippen molar-refractivity contribution in [3.05, 3.63) is 62.5 Å². The number of amides is 1. The van der Waals surface area contributed by atoms with Crippen LogP contribution >= 0.6 is 39.1 Å². The van der Waals surface area contributed by atoms with Crippen LogP contribution < -0.4 is 5.32 Å². The second kappa shape index (κ2) is 8.72. The van der Waals surface area contributed by atoms with Crippen LogP contribution in [0.5, 0.6) is 0 Å². The molecule has 0 spiro atoms. The molecule has 0 saturated carbocycles. The summed E-state index contributed by atoms with van der Waals surface area (Å²) in [6, 6.07) is 12.8. The van der Waals surface area contributed by atoms with Crippen molar-refractivity contribution in [3.63, 3.8) is 0 Å². The first-order valence-corrected chi connectivity index (χ1v) is 9.86. The molecule has 7 heteroatoms. The average Bonchev–Trinajstić information content (AvgIpc) is 2.63. The molecule has 2 atom stereocenters. The van der Waals surface area contributed by atoms with Crippen molar-refractivity contribution in [1.82, 2.24) is 4.90 Å². The maximum atomic E-state index is 12.7. The lowest BCUT2D eigenvalue weighted by Crippen LogP contribution is -2.48. The minimum Gasteiger partial charge on any atom is -0.371 e. The van der Waals surface area contributed by atoms with Crippen LogP contribution in [0.3, 0.4) is 0 Å². The molecule has 1 fully saturated rings. The first-order valence-electron chi connectivity index (χ1n) is 8.31. The molecule has 0 bridgehead atoms. The summed E-state index contributed by atoms with van der Waals surface area (Å²) in [6.45, 7) is 3.83. The number of nitrogens with zero attached hydrogens (tertiary/aromatic N) is 1. The monoisotopic (exact) mass is 456 g/mol. The van der Waals surface area contributed by atoms with E-state index in [1.54, 1.807) is 18.2 Å². The number of nitrogens with one attached hydrogen (secondary N) is 1. The fraction of sp³-hybridized carbons (Fsp3) is 0.316. The molecule has 0 aromatic heterocycles. The van der Waals surface area contributed by atoms with Crippen LogP contribution in [0.15, 0.2) is 46.9 Å². The van der Waals surface area contributed by atoms with E-state index in [1.165, 1.54) is 0 Å². The largest absolute Gasteiger partial charge is 0.371 e. The zero-order chi connectivity index (χ0) is 18.7. The van der Waals surface area contributed by atoms with Gasteiger partial charge in [-0.1, -0.05) is 51.3 Å². The van der Waals surface area contributed by atoms with Crippen LogP contribution in [0, 0.1) is 0 Å². The van der Waals surface area contributed by atoms with Gasteiger partial charge in [0, 0.05) is 22.6 Å². The Morgan fingerprint density at radius 1 is 1.31 bits per heavy atom. The molecule has 1 saturated heterocycles. The quantitative estimate of drug-likeness (QED) is 0.689. The van der Waals surface area contributed by atoms with E-state index in [1.807, 2.05) is 31.2 Å².